The summed E-state index contributed by atoms with van der Waals surface area (Å²) < 4.78 is 68.6. The van der Waals surface area contributed by atoms with Crippen molar-refractivity contribution >= 4 is 39.5 Å². The summed E-state index contributed by atoms with van der Waals surface area (Å²) in [7, 11) is -9.91. The topological polar surface area (TPSA) is 237 Å². The molecule has 3 N–H and O–H groups in total. The predicted octanol–water partition coefficient (Wildman–Crippen LogP) is 23.3. The third-order valence-electron chi connectivity index (χ3n) is 18.3. The molecule has 0 aromatic rings. The summed E-state index contributed by atoms with van der Waals surface area (Å²) in [6.45, 7) is 7.31. The lowest BCUT2D eigenvalue weighted by Crippen LogP contribution is -2.30. The maximum atomic E-state index is 13.1. The van der Waals surface area contributed by atoms with E-state index in [-0.39, 0.29) is 25.7 Å². The molecule has 0 saturated heterocycles. The molecule has 0 rings (SSSR count). The van der Waals surface area contributed by atoms with Crippen molar-refractivity contribution in [3.63, 3.8) is 0 Å². The highest BCUT2D eigenvalue weighted by Crippen LogP contribution is 2.45. The quantitative estimate of drug-likeness (QED) is 0.0222. The van der Waals surface area contributed by atoms with Gasteiger partial charge in [0.05, 0.1) is 26.4 Å². The fraction of sp³-hybridized carbons (Fsp3) is 0.949. The van der Waals surface area contributed by atoms with Gasteiger partial charge < -0.3 is 33.8 Å². The number of phosphoric acid groups is 2. The normalized spacial score (nSPS) is 13.9. The second-order valence-electron chi connectivity index (χ2n) is 28.6. The molecule has 5 atom stereocenters. The Balaban J connectivity index is 5.21. The minimum atomic E-state index is -4.96. The summed E-state index contributed by atoms with van der Waals surface area (Å²) in [4.78, 5) is 72.8. The van der Waals surface area contributed by atoms with Crippen molar-refractivity contribution in [1.29, 1.82) is 0 Å². The first-order chi connectivity index (χ1) is 47.0. The van der Waals surface area contributed by atoms with E-state index in [1.807, 2.05) is 0 Å². The molecule has 19 heteroatoms. The molecule has 576 valence electrons. The summed E-state index contributed by atoms with van der Waals surface area (Å²) in [6.07, 6.45) is 61.0. The minimum absolute atomic E-state index is 0.108. The highest BCUT2D eigenvalue weighted by Gasteiger charge is 2.30. The van der Waals surface area contributed by atoms with Gasteiger partial charge in [-0.2, -0.15) is 0 Å². The lowest BCUT2D eigenvalue weighted by Gasteiger charge is -2.21. The maximum Gasteiger partial charge on any atom is 0.472 e. The number of aliphatic hydroxyl groups is 1. The van der Waals surface area contributed by atoms with E-state index >= 15 is 0 Å². The summed E-state index contributed by atoms with van der Waals surface area (Å²) in [5, 5.41) is 10.6. The van der Waals surface area contributed by atoms with E-state index in [1.54, 1.807) is 0 Å². The zero-order valence-electron chi connectivity index (χ0n) is 63.2. The highest BCUT2D eigenvalue weighted by atomic mass is 31.2. The van der Waals surface area contributed by atoms with E-state index < -0.39 is 97.5 Å². The average molecular weight is 1420 g/mol. The van der Waals surface area contributed by atoms with Crippen molar-refractivity contribution in [2.75, 3.05) is 39.6 Å². The van der Waals surface area contributed by atoms with Gasteiger partial charge in [0, 0.05) is 25.7 Å². The minimum Gasteiger partial charge on any atom is -0.462 e. The molecule has 17 nitrogen and oxygen atoms in total. The number of hydrogen-bond donors (Lipinski definition) is 3. The van der Waals surface area contributed by atoms with E-state index in [1.165, 1.54) is 231 Å². The maximum absolute atomic E-state index is 13.1. The number of aliphatic hydroxyl groups excluding tert-OH is 1. The lowest BCUT2D eigenvalue weighted by atomic mass is 10.0. The van der Waals surface area contributed by atoms with Gasteiger partial charge in [0.25, 0.3) is 0 Å². The fourth-order valence-corrected chi connectivity index (χ4v) is 13.6. The zero-order chi connectivity index (χ0) is 71.2. The highest BCUT2D eigenvalue weighted by molar-refractivity contribution is 7.47. The Hall–Kier alpha value is -1.94. The Kier molecular flexibility index (Phi) is 69.6. The number of hydrogen-bond acceptors (Lipinski definition) is 15. The van der Waals surface area contributed by atoms with Crippen molar-refractivity contribution in [1.82, 2.24) is 0 Å². The first-order valence-corrected chi connectivity index (χ1v) is 43.6. The number of unbranched alkanes of at least 4 members (excludes halogenated alkanes) is 50. The van der Waals surface area contributed by atoms with Crippen LogP contribution in [0.2, 0.25) is 0 Å². The van der Waals surface area contributed by atoms with Crippen LogP contribution < -0.4 is 0 Å². The molecule has 2 unspecified atom stereocenters. The molecule has 0 aliphatic carbocycles. The van der Waals surface area contributed by atoms with Crippen LogP contribution in [0, 0.1) is 5.92 Å². The second-order valence-corrected chi connectivity index (χ2v) is 31.5. The Bertz CT molecular complexity index is 1860. The molecular formula is C78H152O17P2. The van der Waals surface area contributed by atoms with Gasteiger partial charge in [0.2, 0.25) is 0 Å². The fourth-order valence-electron chi connectivity index (χ4n) is 12.1. The molecule has 0 fully saturated rings. The zero-order valence-corrected chi connectivity index (χ0v) is 65.0. The van der Waals surface area contributed by atoms with E-state index in [0.717, 1.165) is 102 Å². The van der Waals surface area contributed by atoms with Crippen molar-refractivity contribution < 1.29 is 80.2 Å². The van der Waals surface area contributed by atoms with Crippen LogP contribution in [-0.4, -0.2) is 96.7 Å². The molecule has 0 heterocycles. The molecular weight excluding hydrogens is 1270 g/mol. The number of esters is 4. The van der Waals surface area contributed by atoms with Crippen molar-refractivity contribution in [2.45, 2.75) is 432 Å². The molecule has 0 saturated carbocycles. The van der Waals surface area contributed by atoms with E-state index in [9.17, 15) is 43.2 Å². The molecule has 0 aliphatic heterocycles. The van der Waals surface area contributed by atoms with Gasteiger partial charge in [0.15, 0.2) is 12.2 Å². The predicted molar refractivity (Wildman–Crippen MR) is 395 cm³/mol. The number of rotatable bonds is 78. The lowest BCUT2D eigenvalue weighted by molar-refractivity contribution is -0.161. The van der Waals surface area contributed by atoms with Crippen molar-refractivity contribution in [3.8, 4) is 0 Å². The molecule has 0 bridgehead atoms. The van der Waals surface area contributed by atoms with Crippen LogP contribution in [0.15, 0.2) is 0 Å². The molecule has 0 aromatic carbocycles. The Morgan fingerprint density at radius 2 is 0.474 bits per heavy atom. The largest absolute Gasteiger partial charge is 0.472 e. The van der Waals surface area contributed by atoms with Crippen LogP contribution in [0.4, 0.5) is 0 Å². The summed E-state index contributed by atoms with van der Waals surface area (Å²) in [5.74, 6) is -1.32. The first-order valence-electron chi connectivity index (χ1n) is 40.6. The van der Waals surface area contributed by atoms with Crippen LogP contribution in [0.1, 0.15) is 413 Å². The molecule has 0 spiro atoms. The van der Waals surface area contributed by atoms with Gasteiger partial charge >= 0.3 is 39.5 Å². The SMILES string of the molecule is CCCCCCCCCCCCCCCCCCCC(=O)OC[C@H](COP(=O)(O)OC[C@@H](O)COP(=O)(O)OC[C@@H](COC(=O)CCCCCCCCCC)OC(=O)CCCCCCCCCCCCCCCCC)OC(=O)CCCCCCCCCCCCCCCCC(C)C. The van der Waals surface area contributed by atoms with Crippen LogP contribution in [0.5, 0.6) is 0 Å². The molecule has 0 aliphatic rings. The van der Waals surface area contributed by atoms with Crippen LogP contribution in [0.25, 0.3) is 0 Å². The van der Waals surface area contributed by atoms with Crippen molar-refractivity contribution in [3.05, 3.63) is 0 Å². The third kappa shape index (κ3) is 72.2. The van der Waals surface area contributed by atoms with Crippen molar-refractivity contribution in [2.24, 2.45) is 5.92 Å². The summed E-state index contributed by atoms with van der Waals surface area (Å²) in [6, 6.07) is 0. The van der Waals surface area contributed by atoms with Crippen LogP contribution >= 0.6 is 15.6 Å². The number of carbonyl (C=O) groups excluding carboxylic acids is 4. The summed E-state index contributed by atoms with van der Waals surface area (Å²) >= 11 is 0. The number of carbonyl (C=O) groups is 4. The van der Waals surface area contributed by atoms with Gasteiger partial charge in [0.1, 0.15) is 19.3 Å². The van der Waals surface area contributed by atoms with Gasteiger partial charge in [-0.25, -0.2) is 9.13 Å². The smallest absolute Gasteiger partial charge is 0.462 e. The van der Waals surface area contributed by atoms with Gasteiger partial charge in [-0.15, -0.1) is 0 Å². The van der Waals surface area contributed by atoms with Gasteiger partial charge in [-0.05, 0) is 31.6 Å². The first kappa shape index (κ1) is 95.1. The van der Waals surface area contributed by atoms with E-state index in [0.29, 0.717) is 25.7 Å². The van der Waals surface area contributed by atoms with Gasteiger partial charge in [-0.1, -0.05) is 362 Å². The Morgan fingerprint density at radius 1 is 0.278 bits per heavy atom. The number of ether oxygens (including phenoxy) is 4. The summed E-state index contributed by atoms with van der Waals surface area (Å²) in [5.41, 5.74) is 0. The van der Waals surface area contributed by atoms with Gasteiger partial charge in [-0.3, -0.25) is 37.3 Å². The monoisotopic (exact) mass is 1420 g/mol. The third-order valence-corrected chi connectivity index (χ3v) is 20.2. The molecule has 0 aromatic heterocycles. The van der Waals surface area contributed by atoms with Crippen LogP contribution in [0.3, 0.4) is 0 Å². The standard InChI is InChI=1S/C78H152O17P2/c1-6-9-12-15-18-21-23-25-27-28-30-34-38-42-47-52-57-62-76(81)89-68-74(95-78(83)64-59-54-49-44-40-36-32-31-33-37-41-45-50-55-60-71(4)5)70-93-97(86,87)91-66-72(79)65-90-96(84,85)92-69-73(67-88-75(80)61-56-51-46-20-17-14-11-8-3)94-77(82)63-58-53-48-43-39-35-29-26-24-22-19-16-13-10-7-2/h71-74,79H,6-70H2,1-5H3,(H,84,85)(H,86,87)/t72-,73+,74+/m0/s1. The van der Waals surface area contributed by atoms with E-state index in [2.05, 4.69) is 34.6 Å². The Morgan fingerprint density at radius 3 is 0.701 bits per heavy atom. The molecule has 0 radical (unpaired) electrons. The Labute approximate surface area is 594 Å². The molecule has 97 heavy (non-hydrogen) atoms. The number of phosphoric ester groups is 2. The second kappa shape index (κ2) is 71.1. The van der Waals surface area contributed by atoms with Crippen LogP contribution in [-0.2, 0) is 65.4 Å². The molecule has 0 amide bonds. The average Bonchev–Trinajstić information content (AvgIpc) is 1.11. The van der Waals surface area contributed by atoms with E-state index in [4.69, 9.17) is 37.0 Å².